The molecule has 0 aliphatic carbocycles. The van der Waals surface area contributed by atoms with Gasteiger partial charge in [0.25, 0.3) is 5.91 Å². The smallest absolute Gasteiger partial charge is 0.269 e. The van der Waals surface area contributed by atoms with Gasteiger partial charge in [-0.2, -0.15) is 0 Å². The largest absolute Gasteiger partial charge is 0.399 e. The van der Waals surface area contributed by atoms with E-state index >= 15 is 0 Å². The average Bonchev–Trinajstić information content (AvgIpc) is 3.19. The van der Waals surface area contributed by atoms with Gasteiger partial charge in [0, 0.05) is 31.2 Å². The van der Waals surface area contributed by atoms with Gasteiger partial charge in [-0.25, -0.2) is 4.99 Å². The Kier molecular flexibility index (Phi) is 4.99. The standard InChI is InChI=1S/C20H21N5OS2/c1-4-25-18(26)17(19-24(3)15-7-5-6-8-16(15)27-19)28-20(25)23-14-11-12(21)9-10-13(14)22-2/h5-11,22H,4,21H2,1-3H3. The Labute approximate surface area is 172 Å². The lowest BCUT2D eigenvalue weighted by molar-refractivity contribution is -0.122. The van der Waals surface area contributed by atoms with Gasteiger partial charge in [-0.3, -0.25) is 9.69 Å². The zero-order valence-electron chi connectivity index (χ0n) is 15.9. The van der Waals surface area contributed by atoms with Crippen molar-refractivity contribution in [3.63, 3.8) is 0 Å². The van der Waals surface area contributed by atoms with E-state index in [-0.39, 0.29) is 5.91 Å². The van der Waals surface area contributed by atoms with E-state index < -0.39 is 0 Å². The van der Waals surface area contributed by atoms with Crippen LogP contribution in [0.25, 0.3) is 0 Å². The Morgan fingerprint density at radius 1 is 1.18 bits per heavy atom. The molecule has 1 saturated heterocycles. The van der Waals surface area contributed by atoms with Gasteiger partial charge in [0.1, 0.15) is 4.91 Å². The number of rotatable bonds is 3. The summed E-state index contributed by atoms with van der Waals surface area (Å²) in [4.78, 5) is 23.6. The molecule has 0 unspecified atom stereocenters. The molecular formula is C20H21N5OS2. The van der Waals surface area contributed by atoms with E-state index in [1.54, 1.807) is 16.7 Å². The minimum atomic E-state index is -0.0108. The third-order valence-corrected chi connectivity index (χ3v) is 7.05. The number of hydrogen-bond donors (Lipinski definition) is 2. The molecule has 6 nitrogen and oxygen atoms in total. The van der Waals surface area contributed by atoms with Crippen LogP contribution in [-0.2, 0) is 4.79 Å². The Morgan fingerprint density at radius 3 is 2.68 bits per heavy atom. The third kappa shape index (κ3) is 3.12. The zero-order chi connectivity index (χ0) is 19.8. The highest BCUT2D eigenvalue weighted by Crippen LogP contribution is 2.50. The predicted molar refractivity (Wildman–Crippen MR) is 120 cm³/mol. The van der Waals surface area contributed by atoms with Crippen LogP contribution >= 0.6 is 23.5 Å². The van der Waals surface area contributed by atoms with Gasteiger partial charge in [0.2, 0.25) is 0 Å². The van der Waals surface area contributed by atoms with Crippen molar-refractivity contribution < 1.29 is 4.79 Å². The quantitative estimate of drug-likeness (QED) is 0.579. The molecule has 2 heterocycles. The van der Waals surface area contributed by atoms with Crippen LogP contribution in [0.15, 0.2) is 62.3 Å². The van der Waals surface area contributed by atoms with E-state index in [4.69, 9.17) is 10.7 Å². The molecule has 8 heteroatoms. The second kappa shape index (κ2) is 7.44. The maximum absolute atomic E-state index is 13.1. The first-order valence-corrected chi connectivity index (χ1v) is 10.6. The number of nitrogens with two attached hydrogens (primary N) is 1. The monoisotopic (exact) mass is 411 g/mol. The van der Waals surface area contributed by atoms with Gasteiger partial charge >= 0.3 is 0 Å². The molecule has 2 aromatic carbocycles. The van der Waals surface area contributed by atoms with Crippen molar-refractivity contribution in [2.45, 2.75) is 11.8 Å². The first-order chi connectivity index (χ1) is 13.5. The van der Waals surface area contributed by atoms with Crippen LogP contribution in [0, 0.1) is 0 Å². The van der Waals surface area contributed by atoms with Gasteiger partial charge in [-0.05, 0) is 49.0 Å². The Morgan fingerprint density at radius 2 is 1.96 bits per heavy atom. The topological polar surface area (TPSA) is 74.0 Å². The van der Waals surface area contributed by atoms with Crippen molar-refractivity contribution in [1.82, 2.24) is 4.90 Å². The van der Waals surface area contributed by atoms with Gasteiger partial charge in [-0.15, -0.1) is 0 Å². The molecule has 2 aromatic rings. The Bertz CT molecular complexity index is 1020. The molecule has 144 valence electrons. The van der Waals surface area contributed by atoms with Crippen molar-refractivity contribution in [3.8, 4) is 0 Å². The van der Waals surface area contributed by atoms with Crippen molar-refractivity contribution in [2.24, 2.45) is 4.99 Å². The molecule has 0 saturated carbocycles. The minimum Gasteiger partial charge on any atom is -0.399 e. The number of carbonyl (C=O) groups is 1. The lowest BCUT2D eigenvalue weighted by Gasteiger charge is -2.15. The predicted octanol–water partition coefficient (Wildman–Crippen LogP) is 4.30. The van der Waals surface area contributed by atoms with E-state index in [9.17, 15) is 4.79 Å². The van der Waals surface area contributed by atoms with E-state index in [0.717, 1.165) is 27.0 Å². The molecule has 2 aliphatic heterocycles. The molecular weight excluding hydrogens is 390 g/mol. The summed E-state index contributed by atoms with van der Waals surface area (Å²) < 4.78 is 0. The van der Waals surface area contributed by atoms with Crippen LogP contribution in [-0.4, -0.2) is 36.6 Å². The van der Waals surface area contributed by atoms with Gasteiger partial charge < -0.3 is 16.0 Å². The number of fused-ring (bicyclic) bond motifs is 1. The summed E-state index contributed by atoms with van der Waals surface area (Å²) in [5.41, 5.74) is 9.28. The number of anilines is 3. The van der Waals surface area contributed by atoms with E-state index in [0.29, 0.717) is 22.3 Å². The molecule has 3 N–H and O–H groups in total. The highest BCUT2D eigenvalue weighted by Gasteiger charge is 2.38. The van der Waals surface area contributed by atoms with Crippen LogP contribution in [0.4, 0.5) is 22.7 Å². The number of hydrogen-bond acceptors (Lipinski definition) is 7. The third-order valence-electron chi connectivity index (χ3n) is 4.62. The van der Waals surface area contributed by atoms with E-state index in [1.807, 2.05) is 51.4 Å². The summed E-state index contributed by atoms with van der Waals surface area (Å²) in [5.74, 6) is -0.0108. The number of thioether (sulfide) groups is 2. The molecule has 1 fully saturated rings. The van der Waals surface area contributed by atoms with Crippen LogP contribution in [0.3, 0.4) is 0 Å². The first-order valence-electron chi connectivity index (χ1n) is 8.94. The number of nitrogens with one attached hydrogen (secondary N) is 1. The van der Waals surface area contributed by atoms with Crippen LogP contribution < -0.4 is 16.0 Å². The summed E-state index contributed by atoms with van der Waals surface area (Å²) in [5, 5.41) is 4.74. The fraction of sp³-hybridized carbons (Fsp3) is 0.200. The molecule has 0 atom stereocenters. The lowest BCUT2D eigenvalue weighted by Crippen LogP contribution is -2.29. The fourth-order valence-electron chi connectivity index (χ4n) is 3.15. The Balaban J connectivity index is 1.75. The fourth-order valence-corrected chi connectivity index (χ4v) is 5.55. The molecule has 28 heavy (non-hydrogen) atoms. The van der Waals surface area contributed by atoms with E-state index in [2.05, 4.69) is 22.3 Å². The number of nitrogens with zero attached hydrogens (tertiary/aromatic N) is 3. The number of para-hydroxylation sites is 1. The van der Waals surface area contributed by atoms with Crippen molar-refractivity contribution in [3.05, 3.63) is 52.4 Å². The van der Waals surface area contributed by atoms with Crippen LogP contribution in [0.1, 0.15) is 6.92 Å². The summed E-state index contributed by atoms with van der Waals surface area (Å²) in [6.07, 6.45) is 0. The second-order valence-corrected chi connectivity index (χ2v) is 8.34. The van der Waals surface area contributed by atoms with Crippen molar-refractivity contribution in [2.75, 3.05) is 36.6 Å². The SMILES string of the molecule is CCN1C(=O)C(=C2Sc3ccccc3N2C)SC1=Nc1cc(N)ccc1NC. The van der Waals surface area contributed by atoms with Gasteiger partial charge in [-0.1, -0.05) is 23.9 Å². The molecule has 1 amide bonds. The number of nitrogen functional groups attached to an aromatic ring is 1. The molecule has 0 aromatic heterocycles. The maximum Gasteiger partial charge on any atom is 0.269 e. The van der Waals surface area contributed by atoms with Crippen LogP contribution in [0.5, 0.6) is 0 Å². The minimum absolute atomic E-state index is 0.0108. The second-order valence-electron chi connectivity index (χ2n) is 6.34. The van der Waals surface area contributed by atoms with Crippen molar-refractivity contribution in [1.29, 1.82) is 0 Å². The average molecular weight is 412 g/mol. The summed E-state index contributed by atoms with van der Waals surface area (Å²) >= 11 is 3.04. The highest BCUT2D eigenvalue weighted by atomic mass is 32.2. The normalized spacial score (nSPS) is 20.2. The number of benzene rings is 2. The summed E-state index contributed by atoms with van der Waals surface area (Å²) in [6.45, 7) is 2.51. The molecule has 4 rings (SSSR count). The van der Waals surface area contributed by atoms with Crippen molar-refractivity contribution >= 4 is 57.3 Å². The number of carbonyl (C=O) groups excluding carboxylic acids is 1. The molecule has 0 spiro atoms. The molecule has 0 radical (unpaired) electrons. The number of likely N-dealkylation sites (N-methyl/N-ethyl adjacent to an activating group) is 1. The van der Waals surface area contributed by atoms with Gasteiger partial charge in [0.15, 0.2) is 5.17 Å². The molecule has 0 bridgehead atoms. The zero-order valence-corrected chi connectivity index (χ0v) is 17.5. The summed E-state index contributed by atoms with van der Waals surface area (Å²) in [6, 6.07) is 13.7. The number of aliphatic imine (C=N–C) groups is 1. The highest BCUT2D eigenvalue weighted by molar-refractivity contribution is 8.19. The van der Waals surface area contributed by atoms with Crippen LogP contribution in [0.2, 0.25) is 0 Å². The van der Waals surface area contributed by atoms with Gasteiger partial charge in [0.05, 0.1) is 22.1 Å². The summed E-state index contributed by atoms with van der Waals surface area (Å²) in [7, 11) is 3.84. The lowest BCUT2D eigenvalue weighted by atomic mass is 10.2. The van der Waals surface area contributed by atoms with E-state index in [1.165, 1.54) is 11.8 Å². The molecule has 2 aliphatic rings. The number of amidine groups is 1. The Hall–Kier alpha value is -2.58. The first kappa shape index (κ1) is 18.8. The number of amides is 1. The maximum atomic E-state index is 13.1.